The van der Waals surface area contributed by atoms with E-state index in [1.54, 1.807) is 12.3 Å². The van der Waals surface area contributed by atoms with Crippen molar-refractivity contribution in [3.8, 4) is 0 Å². The molecule has 2 aliphatic heterocycles. The molecule has 7 heteroatoms. The number of H-pyrrole nitrogens is 1. The van der Waals surface area contributed by atoms with Gasteiger partial charge in [0.1, 0.15) is 5.54 Å². The zero-order valence-corrected chi connectivity index (χ0v) is 13.9. The Morgan fingerprint density at radius 3 is 3.00 bits per heavy atom. The van der Waals surface area contributed by atoms with Gasteiger partial charge in [-0.3, -0.25) is 14.7 Å². The highest BCUT2D eigenvalue weighted by Gasteiger charge is 2.44. The third kappa shape index (κ3) is 2.91. The first-order valence-electron chi connectivity index (χ1n) is 8.63. The molecule has 0 radical (unpaired) electrons. The van der Waals surface area contributed by atoms with E-state index in [0.29, 0.717) is 30.6 Å². The molecule has 0 saturated carbocycles. The van der Waals surface area contributed by atoms with E-state index in [1.807, 2.05) is 18.2 Å². The fourth-order valence-corrected chi connectivity index (χ4v) is 3.70. The molecule has 1 aromatic carbocycles. The number of amides is 2. The zero-order valence-electron chi connectivity index (χ0n) is 13.9. The van der Waals surface area contributed by atoms with Gasteiger partial charge < -0.3 is 16.0 Å². The first-order chi connectivity index (χ1) is 12.2. The summed E-state index contributed by atoms with van der Waals surface area (Å²) >= 11 is 0. The highest BCUT2D eigenvalue weighted by atomic mass is 16.2. The van der Waals surface area contributed by atoms with E-state index in [0.717, 1.165) is 30.6 Å². The van der Waals surface area contributed by atoms with Crippen molar-refractivity contribution in [2.24, 2.45) is 0 Å². The molecule has 1 aromatic heterocycles. The number of para-hydroxylation sites is 1. The minimum atomic E-state index is -0.511. The molecular weight excluding hydrogens is 318 g/mol. The molecule has 1 fully saturated rings. The third-order valence-electron chi connectivity index (χ3n) is 5.04. The number of carbonyl (C=O) groups excluding carboxylic acids is 2. The van der Waals surface area contributed by atoms with E-state index >= 15 is 0 Å². The Labute approximate surface area is 145 Å². The quantitative estimate of drug-likeness (QED) is 0.668. The molecule has 0 aliphatic carbocycles. The summed E-state index contributed by atoms with van der Waals surface area (Å²) in [7, 11) is 0. The molecule has 25 heavy (non-hydrogen) atoms. The maximum atomic E-state index is 12.6. The van der Waals surface area contributed by atoms with Gasteiger partial charge in [0.05, 0.1) is 11.3 Å². The molecule has 1 atom stereocenters. The number of anilines is 1. The lowest BCUT2D eigenvalue weighted by Gasteiger charge is -2.34. The van der Waals surface area contributed by atoms with Crippen LogP contribution in [0.4, 0.5) is 5.69 Å². The summed E-state index contributed by atoms with van der Waals surface area (Å²) in [6.45, 7) is 1.36. The Morgan fingerprint density at radius 1 is 1.32 bits per heavy atom. The normalized spacial score (nSPS) is 21.8. The van der Waals surface area contributed by atoms with Crippen LogP contribution in [0.1, 0.15) is 34.5 Å². The maximum absolute atomic E-state index is 12.6. The van der Waals surface area contributed by atoms with Gasteiger partial charge in [-0.05, 0) is 37.1 Å². The fourth-order valence-electron chi connectivity index (χ4n) is 3.70. The number of hydrogen-bond acceptors (Lipinski definition) is 4. The molecule has 0 unspecified atom stereocenters. The Balaban J connectivity index is 1.50. The number of benzene rings is 1. The Bertz CT molecular complexity index is 794. The number of aromatic nitrogens is 2. The summed E-state index contributed by atoms with van der Waals surface area (Å²) in [4.78, 5) is 25.2. The number of carbonyl (C=O) groups is 2. The summed E-state index contributed by atoms with van der Waals surface area (Å²) in [5, 5.41) is 16.0. The lowest BCUT2D eigenvalue weighted by molar-refractivity contribution is -0.122. The van der Waals surface area contributed by atoms with Gasteiger partial charge in [-0.1, -0.05) is 12.1 Å². The molecule has 2 aromatic rings. The molecule has 130 valence electrons. The van der Waals surface area contributed by atoms with Crippen molar-refractivity contribution in [2.45, 2.75) is 31.2 Å². The van der Waals surface area contributed by atoms with Crippen molar-refractivity contribution in [1.29, 1.82) is 0 Å². The molecule has 1 spiro atoms. The first kappa shape index (κ1) is 15.8. The smallest absolute Gasteiger partial charge is 0.253 e. The van der Waals surface area contributed by atoms with Crippen molar-refractivity contribution in [2.75, 3.05) is 18.4 Å². The number of rotatable bonds is 4. The van der Waals surface area contributed by atoms with Crippen LogP contribution in [0, 0.1) is 0 Å². The minimum absolute atomic E-state index is 0.0322. The van der Waals surface area contributed by atoms with E-state index in [9.17, 15) is 9.59 Å². The number of nitrogens with one attached hydrogen (secondary N) is 4. The van der Waals surface area contributed by atoms with E-state index in [2.05, 4.69) is 26.1 Å². The molecule has 3 heterocycles. The number of hydrogen-bond donors (Lipinski definition) is 4. The second-order valence-corrected chi connectivity index (χ2v) is 6.67. The molecule has 7 nitrogen and oxygen atoms in total. The monoisotopic (exact) mass is 339 g/mol. The van der Waals surface area contributed by atoms with Gasteiger partial charge in [0, 0.05) is 31.3 Å². The van der Waals surface area contributed by atoms with Crippen molar-refractivity contribution >= 4 is 17.5 Å². The average Bonchev–Trinajstić information content (AvgIpc) is 3.28. The lowest BCUT2D eigenvalue weighted by atomic mass is 9.83. The number of fused-ring (bicyclic) bond motifs is 1. The summed E-state index contributed by atoms with van der Waals surface area (Å²) in [6.07, 6.45) is 4.83. The Kier molecular flexibility index (Phi) is 4.01. The van der Waals surface area contributed by atoms with Gasteiger partial charge >= 0.3 is 0 Å². The highest BCUT2D eigenvalue weighted by molar-refractivity contribution is 6.08. The Morgan fingerprint density at radius 2 is 2.24 bits per heavy atom. The van der Waals surface area contributed by atoms with Crippen LogP contribution in [-0.4, -0.2) is 40.6 Å². The van der Waals surface area contributed by atoms with Crippen LogP contribution in [0.3, 0.4) is 0 Å². The van der Waals surface area contributed by atoms with Crippen LogP contribution in [0.5, 0.6) is 0 Å². The fraction of sp³-hybridized carbons (Fsp3) is 0.389. The highest BCUT2D eigenvalue weighted by Crippen LogP contribution is 2.35. The second-order valence-electron chi connectivity index (χ2n) is 6.67. The van der Waals surface area contributed by atoms with Crippen LogP contribution in [-0.2, 0) is 17.6 Å². The van der Waals surface area contributed by atoms with E-state index < -0.39 is 5.54 Å². The van der Waals surface area contributed by atoms with Crippen LogP contribution in [0.25, 0.3) is 0 Å². The van der Waals surface area contributed by atoms with Crippen LogP contribution in [0.2, 0.25) is 0 Å². The van der Waals surface area contributed by atoms with Gasteiger partial charge in [-0.15, -0.1) is 0 Å². The number of aromatic amines is 1. The summed E-state index contributed by atoms with van der Waals surface area (Å²) in [5.74, 6) is -0.206. The Hall–Kier alpha value is -2.67. The zero-order chi connectivity index (χ0) is 17.3. The topological polar surface area (TPSA) is 98.9 Å². The van der Waals surface area contributed by atoms with Gasteiger partial charge in [0.25, 0.3) is 5.91 Å². The van der Waals surface area contributed by atoms with Gasteiger partial charge in [-0.2, -0.15) is 5.10 Å². The molecule has 2 amide bonds. The molecule has 0 bridgehead atoms. The molecule has 1 saturated heterocycles. The van der Waals surface area contributed by atoms with Crippen molar-refractivity contribution in [1.82, 2.24) is 20.8 Å². The van der Waals surface area contributed by atoms with Crippen LogP contribution in [0.15, 0.2) is 30.5 Å². The van der Waals surface area contributed by atoms with Gasteiger partial charge in [0.15, 0.2) is 0 Å². The van der Waals surface area contributed by atoms with E-state index in [4.69, 9.17) is 0 Å². The largest absolute Gasteiger partial charge is 0.352 e. The average molecular weight is 339 g/mol. The maximum Gasteiger partial charge on any atom is 0.253 e. The van der Waals surface area contributed by atoms with Gasteiger partial charge in [-0.25, -0.2) is 0 Å². The standard InChI is InChI=1S/C18H21N5O2/c24-16(19-9-5-13-6-10-21-23-13)14-4-1-3-12-11-18(7-2-8-20-18)17(25)22-15(12)14/h1,3-4,6,10,20H,2,5,7-9,11H2,(H,19,24)(H,21,23)(H,22,25)/t18-/m0/s1. The minimum Gasteiger partial charge on any atom is -0.352 e. The predicted octanol–water partition coefficient (Wildman–Crippen LogP) is 0.999. The first-order valence-corrected chi connectivity index (χ1v) is 8.63. The molecule has 4 N–H and O–H groups in total. The van der Waals surface area contributed by atoms with E-state index in [-0.39, 0.29) is 11.8 Å². The molecular formula is C18H21N5O2. The summed E-state index contributed by atoms with van der Waals surface area (Å²) in [6, 6.07) is 7.50. The van der Waals surface area contributed by atoms with Crippen molar-refractivity contribution in [3.63, 3.8) is 0 Å². The van der Waals surface area contributed by atoms with Crippen LogP contribution >= 0.6 is 0 Å². The van der Waals surface area contributed by atoms with Gasteiger partial charge in [0.2, 0.25) is 5.91 Å². The molecule has 4 rings (SSSR count). The lowest BCUT2D eigenvalue weighted by Crippen LogP contribution is -2.55. The SMILES string of the molecule is O=C(NCCc1ccn[nH]1)c1cccc2c1NC(=O)[C@]1(CCCN1)C2. The van der Waals surface area contributed by atoms with Crippen molar-refractivity contribution in [3.05, 3.63) is 47.3 Å². The van der Waals surface area contributed by atoms with Crippen LogP contribution < -0.4 is 16.0 Å². The van der Waals surface area contributed by atoms with E-state index in [1.165, 1.54) is 0 Å². The second kappa shape index (κ2) is 6.33. The predicted molar refractivity (Wildman–Crippen MR) is 93.4 cm³/mol. The van der Waals surface area contributed by atoms with Crippen molar-refractivity contribution < 1.29 is 9.59 Å². The summed E-state index contributed by atoms with van der Waals surface area (Å²) < 4.78 is 0. The summed E-state index contributed by atoms with van der Waals surface area (Å²) in [5.41, 5.74) is 2.63. The number of nitrogens with zero attached hydrogens (tertiary/aromatic N) is 1. The molecule has 2 aliphatic rings. The third-order valence-corrected chi connectivity index (χ3v) is 5.04.